The van der Waals surface area contributed by atoms with Crippen LogP contribution in [0.4, 0.5) is 17.6 Å². The maximum atomic E-state index is 14.4. The van der Waals surface area contributed by atoms with Crippen molar-refractivity contribution in [3.8, 4) is 5.75 Å². The zero-order valence-corrected chi connectivity index (χ0v) is 19.6. The molecule has 11 heteroatoms. The molecule has 2 aliphatic heterocycles. The average molecular weight is 499 g/mol. The summed E-state index contributed by atoms with van der Waals surface area (Å²) in [7, 11) is 0. The van der Waals surface area contributed by atoms with E-state index in [9.17, 15) is 27.2 Å². The van der Waals surface area contributed by atoms with Gasteiger partial charge in [0.2, 0.25) is 11.8 Å². The molecule has 3 fully saturated rings. The van der Waals surface area contributed by atoms with E-state index in [0.29, 0.717) is 50.8 Å². The molecule has 2 N–H and O–H groups in total. The minimum atomic E-state index is -4.89. The summed E-state index contributed by atoms with van der Waals surface area (Å²) in [6.07, 6.45) is -1.52. The Morgan fingerprint density at radius 3 is 2.66 bits per heavy atom. The smallest absolute Gasteiger partial charge is 0.406 e. The number of rotatable bonds is 8. The van der Waals surface area contributed by atoms with Crippen molar-refractivity contribution in [3.63, 3.8) is 0 Å². The van der Waals surface area contributed by atoms with Gasteiger partial charge < -0.3 is 25.2 Å². The number of benzene rings is 1. The molecular formula is C24H30F4N4O3. The van der Waals surface area contributed by atoms with Crippen molar-refractivity contribution in [1.29, 1.82) is 0 Å². The summed E-state index contributed by atoms with van der Waals surface area (Å²) in [5, 5.41) is 6.02. The van der Waals surface area contributed by atoms with Crippen LogP contribution in [0.2, 0.25) is 0 Å². The van der Waals surface area contributed by atoms with E-state index in [2.05, 4.69) is 26.8 Å². The molecule has 1 saturated carbocycles. The lowest BCUT2D eigenvalue weighted by molar-refractivity contribution is -0.274. The van der Waals surface area contributed by atoms with Gasteiger partial charge in [0.25, 0.3) is 0 Å². The molecule has 1 aliphatic carbocycles. The van der Waals surface area contributed by atoms with Gasteiger partial charge in [-0.05, 0) is 25.3 Å². The second-order valence-electron chi connectivity index (χ2n) is 9.68. The molecule has 0 radical (unpaired) electrons. The normalized spacial score (nSPS) is 24.3. The third-order valence-electron chi connectivity index (χ3n) is 6.86. The summed E-state index contributed by atoms with van der Waals surface area (Å²) in [6.45, 7) is 7.56. The van der Waals surface area contributed by atoms with Crippen molar-refractivity contribution in [3.05, 3.63) is 42.0 Å². The van der Waals surface area contributed by atoms with E-state index in [1.165, 1.54) is 6.07 Å². The number of carbonyl (C=O) groups is 2. The van der Waals surface area contributed by atoms with Crippen molar-refractivity contribution >= 4 is 11.8 Å². The predicted molar refractivity (Wildman–Crippen MR) is 119 cm³/mol. The number of nitrogens with one attached hydrogen (secondary N) is 2. The summed E-state index contributed by atoms with van der Waals surface area (Å²) in [5.41, 5.74) is -0.163. The van der Waals surface area contributed by atoms with E-state index in [-0.39, 0.29) is 41.4 Å². The molecule has 1 spiro atoms. The molecular weight excluding hydrogens is 468 g/mol. The lowest BCUT2D eigenvalue weighted by atomic mass is 9.76. The molecule has 1 aromatic rings. The van der Waals surface area contributed by atoms with Crippen LogP contribution in [0.5, 0.6) is 5.75 Å². The number of likely N-dealkylation sites (tertiary alicyclic amines) is 1. The van der Waals surface area contributed by atoms with Gasteiger partial charge in [-0.3, -0.25) is 9.59 Å². The zero-order valence-electron chi connectivity index (χ0n) is 19.6. The maximum absolute atomic E-state index is 14.4. The van der Waals surface area contributed by atoms with Crippen LogP contribution >= 0.6 is 0 Å². The van der Waals surface area contributed by atoms with E-state index >= 15 is 0 Å². The lowest BCUT2D eigenvalue weighted by Crippen LogP contribution is -2.58. The van der Waals surface area contributed by atoms with Gasteiger partial charge in [0.15, 0.2) is 0 Å². The number of hydrogen-bond donors (Lipinski definition) is 2. The SMILES string of the molecule is C=C(NCc1ccc(OC(F)(F)F)cc1F)N(C1CC1)C1CN(C(=O)CC)CC2(CNC(=O)C2)C1. The minimum Gasteiger partial charge on any atom is -0.406 e. The second kappa shape index (κ2) is 9.58. The van der Waals surface area contributed by atoms with Crippen LogP contribution in [0, 0.1) is 11.2 Å². The van der Waals surface area contributed by atoms with Crippen molar-refractivity contribution in [2.24, 2.45) is 5.41 Å². The molecule has 0 bridgehead atoms. The van der Waals surface area contributed by atoms with E-state index in [1.807, 2.05) is 11.8 Å². The topological polar surface area (TPSA) is 73.9 Å². The van der Waals surface area contributed by atoms with Gasteiger partial charge in [0.1, 0.15) is 11.6 Å². The fraction of sp³-hybridized carbons (Fsp3) is 0.583. The van der Waals surface area contributed by atoms with Gasteiger partial charge in [0.05, 0.1) is 5.82 Å². The summed E-state index contributed by atoms with van der Waals surface area (Å²) in [6, 6.07) is 3.18. The summed E-state index contributed by atoms with van der Waals surface area (Å²) in [5.74, 6) is -0.864. The Kier molecular flexibility index (Phi) is 6.88. The highest BCUT2D eigenvalue weighted by molar-refractivity contribution is 5.80. The monoisotopic (exact) mass is 498 g/mol. The van der Waals surface area contributed by atoms with Crippen LogP contribution in [0.25, 0.3) is 0 Å². The van der Waals surface area contributed by atoms with Crippen molar-refractivity contribution in [1.82, 2.24) is 20.4 Å². The average Bonchev–Trinajstić information content (AvgIpc) is 3.54. The summed E-state index contributed by atoms with van der Waals surface area (Å²) < 4.78 is 55.3. The third kappa shape index (κ3) is 5.99. The third-order valence-corrected chi connectivity index (χ3v) is 6.86. The summed E-state index contributed by atoms with van der Waals surface area (Å²) >= 11 is 0. The van der Waals surface area contributed by atoms with Gasteiger partial charge >= 0.3 is 6.36 Å². The van der Waals surface area contributed by atoms with Gasteiger partial charge in [-0.25, -0.2) is 4.39 Å². The van der Waals surface area contributed by atoms with E-state index in [1.54, 1.807) is 0 Å². The molecule has 7 nitrogen and oxygen atoms in total. The van der Waals surface area contributed by atoms with Gasteiger partial charge in [-0.2, -0.15) is 0 Å². The number of alkyl halides is 3. The number of carbonyl (C=O) groups excluding carboxylic acids is 2. The Bertz CT molecular complexity index is 997. The van der Waals surface area contributed by atoms with E-state index < -0.39 is 17.9 Å². The first kappa shape index (κ1) is 25.1. The van der Waals surface area contributed by atoms with Crippen LogP contribution in [-0.2, 0) is 16.1 Å². The fourth-order valence-electron chi connectivity index (χ4n) is 5.21. The first-order chi connectivity index (χ1) is 16.5. The molecule has 35 heavy (non-hydrogen) atoms. The van der Waals surface area contributed by atoms with Crippen LogP contribution in [-0.4, -0.2) is 59.7 Å². The highest BCUT2D eigenvalue weighted by atomic mass is 19.4. The highest BCUT2D eigenvalue weighted by Gasteiger charge is 2.49. The number of nitrogens with zero attached hydrogens (tertiary/aromatic N) is 2. The number of ether oxygens (including phenoxy) is 1. The minimum absolute atomic E-state index is 0.0158. The van der Waals surface area contributed by atoms with E-state index in [0.717, 1.165) is 18.9 Å². The van der Waals surface area contributed by atoms with Crippen molar-refractivity contribution in [2.45, 2.75) is 64.0 Å². The first-order valence-electron chi connectivity index (χ1n) is 11.8. The Labute approximate surface area is 201 Å². The standard InChI is InChI=1S/C24H30F4N4O3/c1-3-22(34)31-12-18(9-23(14-31)10-21(33)30-13-23)32(17-5-6-17)15(2)29-11-16-4-7-19(8-20(16)25)35-24(26,27)28/h4,7-8,17-18,29H,2-3,5-6,9-14H2,1H3,(H,30,33). The van der Waals surface area contributed by atoms with E-state index in [4.69, 9.17) is 0 Å². The number of halogens is 4. The molecule has 1 aromatic carbocycles. The van der Waals surface area contributed by atoms with Crippen molar-refractivity contribution < 1.29 is 31.9 Å². The molecule has 192 valence electrons. The van der Waals surface area contributed by atoms with Gasteiger partial charge in [0, 0.05) is 68.1 Å². The highest BCUT2D eigenvalue weighted by Crippen LogP contribution is 2.41. The molecule has 2 amide bonds. The Morgan fingerprint density at radius 2 is 2.09 bits per heavy atom. The van der Waals surface area contributed by atoms with Crippen LogP contribution < -0.4 is 15.4 Å². The molecule has 3 aliphatic rings. The van der Waals surface area contributed by atoms with Crippen molar-refractivity contribution in [2.75, 3.05) is 19.6 Å². The first-order valence-corrected chi connectivity index (χ1v) is 11.8. The predicted octanol–water partition coefficient (Wildman–Crippen LogP) is 3.27. The van der Waals surface area contributed by atoms with Gasteiger partial charge in [-0.15, -0.1) is 13.2 Å². The van der Waals surface area contributed by atoms with Crippen LogP contribution in [0.15, 0.2) is 30.6 Å². The maximum Gasteiger partial charge on any atom is 0.573 e. The molecule has 2 heterocycles. The molecule has 2 atom stereocenters. The fourth-order valence-corrected chi connectivity index (χ4v) is 5.21. The molecule has 4 rings (SSSR count). The Balaban J connectivity index is 1.46. The summed E-state index contributed by atoms with van der Waals surface area (Å²) in [4.78, 5) is 28.6. The Morgan fingerprint density at radius 1 is 1.34 bits per heavy atom. The number of amides is 2. The van der Waals surface area contributed by atoms with Crippen LogP contribution in [0.1, 0.15) is 44.6 Å². The largest absolute Gasteiger partial charge is 0.573 e. The Hall–Kier alpha value is -2.98. The molecule has 2 unspecified atom stereocenters. The quantitative estimate of drug-likeness (QED) is 0.539. The molecule has 0 aromatic heterocycles. The number of piperidine rings is 1. The number of hydrogen-bond acceptors (Lipinski definition) is 5. The second-order valence-corrected chi connectivity index (χ2v) is 9.68. The zero-order chi connectivity index (χ0) is 25.4. The lowest BCUT2D eigenvalue weighted by Gasteiger charge is -2.48. The van der Waals surface area contributed by atoms with Gasteiger partial charge in [-0.1, -0.05) is 19.6 Å². The molecule has 2 saturated heterocycles. The van der Waals surface area contributed by atoms with Crippen LogP contribution in [0.3, 0.4) is 0 Å².